The molecule has 1 heterocycles. The average Bonchev–Trinajstić information content (AvgIpc) is 1.88. The molecule has 2 heteroatoms. The first-order valence-electron chi connectivity index (χ1n) is 3.35. The number of allylic oxidation sites excluding steroid dienone is 2. The summed E-state index contributed by atoms with van der Waals surface area (Å²) < 4.78 is 7.34. The summed E-state index contributed by atoms with van der Waals surface area (Å²) in [6, 6.07) is 0. The molecule has 9 heavy (non-hydrogen) atoms. The molecular formula is C7H9NO. The Labute approximate surface area is 55.7 Å². The van der Waals surface area contributed by atoms with Crippen molar-refractivity contribution in [3.63, 3.8) is 0 Å². The molecule has 1 rings (SSSR count). The molecule has 0 fully saturated rings. The standard InChI is InChI=1S/C7H9NO/c1-6(9)7-3-2-4-8-5-7/h2,4-5,8H,3H2,1H3/i3D. The van der Waals surface area contributed by atoms with Gasteiger partial charge in [0.05, 0.1) is 0 Å². The topological polar surface area (TPSA) is 29.1 Å². The summed E-state index contributed by atoms with van der Waals surface area (Å²) in [6.07, 6.45) is 4.37. The van der Waals surface area contributed by atoms with Crippen LogP contribution in [-0.2, 0) is 4.79 Å². The van der Waals surface area contributed by atoms with Crippen LogP contribution in [0.25, 0.3) is 0 Å². The maximum atomic E-state index is 10.7. The highest BCUT2D eigenvalue weighted by Gasteiger charge is 2.01. The molecule has 0 aromatic heterocycles. The van der Waals surface area contributed by atoms with Gasteiger partial charge in [0.15, 0.2) is 5.78 Å². The Balaban J connectivity index is 2.76. The van der Waals surface area contributed by atoms with Crippen LogP contribution in [0.3, 0.4) is 0 Å². The number of hydrogen-bond donors (Lipinski definition) is 1. The van der Waals surface area contributed by atoms with Crippen molar-refractivity contribution >= 4 is 5.78 Å². The van der Waals surface area contributed by atoms with Crippen LogP contribution in [0.2, 0.25) is 0 Å². The average molecular weight is 124 g/mol. The van der Waals surface area contributed by atoms with Crippen molar-refractivity contribution in [2.45, 2.75) is 13.3 Å². The first-order chi connectivity index (χ1) is 4.72. The van der Waals surface area contributed by atoms with Crippen LogP contribution in [-0.4, -0.2) is 5.78 Å². The number of ketones is 1. The van der Waals surface area contributed by atoms with E-state index in [0.29, 0.717) is 5.57 Å². The van der Waals surface area contributed by atoms with Crippen molar-refractivity contribution in [3.8, 4) is 0 Å². The number of nitrogens with one attached hydrogen (secondary N) is 1. The second kappa shape index (κ2) is 2.49. The Hall–Kier alpha value is -1.05. The van der Waals surface area contributed by atoms with Gasteiger partial charge in [-0.2, -0.15) is 0 Å². The Bertz CT molecular complexity index is 208. The fraction of sp³-hybridized carbons (Fsp3) is 0.286. The quantitative estimate of drug-likeness (QED) is 0.564. The zero-order valence-corrected chi connectivity index (χ0v) is 5.22. The zero-order chi connectivity index (χ0) is 7.56. The monoisotopic (exact) mass is 124 g/mol. The summed E-state index contributed by atoms with van der Waals surface area (Å²) in [5.41, 5.74) is 0.516. The molecule has 0 radical (unpaired) electrons. The summed E-state index contributed by atoms with van der Waals surface area (Å²) in [4.78, 5) is 10.7. The highest BCUT2D eigenvalue weighted by Crippen LogP contribution is 2.04. The molecule has 0 saturated carbocycles. The molecule has 1 unspecified atom stereocenters. The first kappa shape index (κ1) is 4.79. The molecule has 1 atom stereocenters. The van der Waals surface area contributed by atoms with E-state index < -0.39 is 6.40 Å². The van der Waals surface area contributed by atoms with E-state index in [1.807, 2.05) is 0 Å². The van der Waals surface area contributed by atoms with Crippen LogP contribution in [0.15, 0.2) is 24.0 Å². The van der Waals surface area contributed by atoms with E-state index >= 15 is 0 Å². The Morgan fingerprint density at radius 1 is 2.00 bits per heavy atom. The number of dihydropyridines is 1. The summed E-state index contributed by atoms with van der Waals surface area (Å²) in [7, 11) is 0. The summed E-state index contributed by atoms with van der Waals surface area (Å²) in [5.74, 6) is -0.0446. The lowest BCUT2D eigenvalue weighted by atomic mass is 10.1. The molecule has 2 nitrogen and oxygen atoms in total. The van der Waals surface area contributed by atoms with Gasteiger partial charge in [-0.05, 0) is 19.5 Å². The Kier molecular flexibility index (Phi) is 1.32. The number of carbonyl (C=O) groups is 1. The largest absolute Gasteiger partial charge is 0.368 e. The predicted octanol–water partition coefficient (Wildman–Crippen LogP) is 0.966. The van der Waals surface area contributed by atoms with Gasteiger partial charge >= 0.3 is 0 Å². The lowest BCUT2D eigenvalue weighted by molar-refractivity contribution is -0.113. The molecule has 0 amide bonds. The summed E-state index contributed by atoms with van der Waals surface area (Å²) in [5, 5.41) is 2.76. The van der Waals surface area contributed by atoms with Crippen LogP contribution in [0, 0.1) is 0 Å². The van der Waals surface area contributed by atoms with E-state index in [-0.39, 0.29) is 5.78 Å². The van der Waals surface area contributed by atoms with E-state index in [1.54, 1.807) is 18.5 Å². The molecule has 0 aromatic carbocycles. The van der Waals surface area contributed by atoms with E-state index in [4.69, 9.17) is 1.37 Å². The molecular weight excluding hydrogens is 114 g/mol. The maximum absolute atomic E-state index is 10.7. The molecule has 0 aliphatic carbocycles. The van der Waals surface area contributed by atoms with Crippen LogP contribution in [0.5, 0.6) is 0 Å². The van der Waals surface area contributed by atoms with Gasteiger partial charge in [0, 0.05) is 13.1 Å². The maximum Gasteiger partial charge on any atom is 0.157 e. The van der Waals surface area contributed by atoms with Crippen molar-refractivity contribution in [3.05, 3.63) is 24.0 Å². The van der Waals surface area contributed by atoms with Crippen molar-refractivity contribution in [2.24, 2.45) is 0 Å². The van der Waals surface area contributed by atoms with Gasteiger partial charge in [-0.15, -0.1) is 0 Å². The van der Waals surface area contributed by atoms with Gasteiger partial charge < -0.3 is 5.32 Å². The van der Waals surface area contributed by atoms with Crippen molar-refractivity contribution in [1.82, 2.24) is 5.32 Å². The van der Waals surface area contributed by atoms with Crippen molar-refractivity contribution < 1.29 is 6.17 Å². The van der Waals surface area contributed by atoms with Gasteiger partial charge in [-0.1, -0.05) is 6.08 Å². The normalized spacial score (nSPS) is 26.1. The van der Waals surface area contributed by atoms with E-state index in [2.05, 4.69) is 5.32 Å². The van der Waals surface area contributed by atoms with Gasteiger partial charge in [0.1, 0.15) is 0 Å². The van der Waals surface area contributed by atoms with E-state index in [9.17, 15) is 4.79 Å². The van der Waals surface area contributed by atoms with Gasteiger partial charge in [-0.3, -0.25) is 4.79 Å². The lowest BCUT2D eigenvalue weighted by Crippen LogP contribution is -2.06. The highest BCUT2D eigenvalue weighted by molar-refractivity contribution is 5.93. The number of hydrogen-bond acceptors (Lipinski definition) is 2. The van der Waals surface area contributed by atoms with E-state index in [0.717, 1.165) is 0 Å². The predicted molar refractivity (Wildman–Crippen MR) is 35.7 cm³/mol. The fourth-order valence-electron chi connectivity index (χ4n) is 0.612. The fourth-order valence-corrected chi connectivity index (χ4v) is 0.612. The second-order valence-corrected chi connectivity index (χ2v) is 1.85. The summed E-state index contributed by atoms with van der Waals surface area (Å²) >= 11 is 0. The molecule has 0 aromatic rings. The van der Waals surface area contributed by atoms with Crippen LogP contribution >= 0.6 is 0 Å². The minimum Gasteiger partial charge on any atom is -0.368 e. The first-order valence-corrected chi connectivity index (χ1v) is 2.78. The van der Waals surface area contributed by atoms with Crippen molar-refractivity contribution in [1.29, 1.82) is 0 Å². The minimum atomic E-state index is -0.487. The number of carbonyl (C=O) groups excluding carboxylic acids is 1. The lowest BCUT2D eigenvalue weighted by Gasteiger charge is -2.03. The molecule has 0 bridgehead atoms. The van der Waals surface area contributed by atoms with Crippen LogP contribution in [0.1, 0.15) is 14.7 Å². The number of Topliss-reactive ketones (excluding diaryl/α,β-unsaturated/α-hetero) is 1. The molecule has 0 spiro atoms. The Morgan fingerprint density at radius 3 is 3.22 bits per heavy atom. The third kappa shape index (κ3) is 1.42. The summed E-state index contributed by atoms with van der Waals surface area (Å²) in [6.45, 7) is 1.47. The highest BCUT2D eigenvalue weighted by atomic mass is 16.1. The second-order valence-electron chi connectivity index (χ2n) is 1.85. The van der Waals surface area contributed by atoms with Crippen LogP contribution < -0.4 is 5.32 Å². The molecule has 1 aliphatic heterocycles. The minimum absolute atomic E-state index is 0.0446. The van der Waals surface area contributed by atoms with E-state index in [1.165, 1.54) is 6.92 Å². The van der Waals surface area contributed by atoms with Gasteiger partial charge in [0.2, 0.25) is 0 Å². The number of rotatable bonds is 1. The smallest absolute Gasteiger partial charge is 0.157 e. The van der Waals surface area contributed by atoms with Crippen LogP contribution in [0.4, 0.5) is 0 Å². The molecule has 1 aliphatic rings. The molecule has 48 valence electrons. The zero-order valence-electron chi connectivity index (χ0n) is 6.22. The van der Waals surface area contributed by atoms with Gasteiger partial charge in [-0.25, -0.2) is 0 Å². The van der Waals surface area contributed by atoms with Crippen molar-refractivity contribution in [2.75, 3.05) is 0 Å². The third-order valence-electron chi connectivity index (χ3n) is 1.11. The SMILES string of the molecule is [2H]C1C=CNC=C1C(C)=O. The Morgan fingerprint density at radius 2 is 2.78 bits per heavy atom. The van der Waals surface area contributed by atoms with Gasteiger partial charge in [0.25, 0.3) is 0 Å². The molecule has 1 N–H and O–H groups in total. The molecule has 0 saturated heterocycles. The third-order valence-corrected chi connectivity index (χ3v) is 1.11.